The molecule has 0 fully saturated rings. The molecule has 294 valence electrons. The first-order valence-electron chi connectivity index (χ1n) is 17.1. The molecule has 0 spiro atoms. The highest BCUT2D eigenvalue weighted by Gasteiger charge is 2.34. The van der Waals surface area contributed by atoms with Gasteiger partial charge in [0.15, 0.2) is 5.96 Å². The van der Waals surface area contributed by atoms with Crippen LogP contribution in [0.4, 0.5) is 0 Å². The third-order valence-electron chi connectivity index (χ3n) is 7.82. The van der Waals surface area contributed by atoms with Gasteiger partial charge in [0, 0.05) is 19.9 Å². The summed E-state index contributed by atoms with van der Waals surface area (Å²) in [6.07, 6.45) is -0.381. The Balaban J connectivity index is 3.29. The zero-order valence-corrected chi connectivity index (χ0v) is 30.9. The summed E-state index contributed by atoms with van der Waals surface area (Å²) in [6, 6.07) is 1.08. The number of carboxylic acid groups (broad SMARTS) is 1. The molecule has 1 aromatic rings. The summed E-state index contributed by atoms with van der Waals surface area (Å²) in [4.78, 5) is 105. The molecular weight excluding hydrogens is 692 g/mol. The van der Waals surface area contributed by atoms with Gasteiger partial charge in [-0.05, 0) is 37.2 Å². The van der Waals surface area contributed by atoms with Crippen molar-refractivity contribution in [2.45, 2.75) is 103 Å². The number of primary amides is 1. The van der Waals surface area contributed by atoms with Crippen molar-refractivity contribution in [1.82, 2.24) is 31.9 Å². The van der Waals surface area contributed by atoms with Gasteiger partial charge in [0.05, 0.1) is 6.42 Å². The molecule has 0 bridgehead atoms. The fraction of sp³-hybridized carbons (Fsp3) is 0.559. The van der Waals surface area contributed by atoms with Crippen molar-refractivity contribution in [3.05, 3.63) is 35.9 Å². The van der Waals surface area contributed by atoms with Gasteiger partial charge >= 0.3 is 5.97 Å². The van der Waals surface area contributed by atoms with Crippen molar-refractivity contribution in [3.63, 3.8) is 0 Å². The molecular formula is C34H54N10O9. The molecule has 0 aliphatic rings. The lowest BCUT2D eigenvalue weighted by Gasteiger charge is -2.29. The SMILES string of the molecule is CC(=O)N[C@H](C(=O)N[C@@H](CCCN=C(N)N)C(=O)N[C@H](C(=O)N[C@@H](Cc1ccccc1)C(=O)N[C@@H](C)C(=O)N[C@@H](CC(N)=O)C(=O)O)C(C)C)C(C)C. The fourth-order valence-electron chi connectivity index (χ4n) is 4.97. The number of carbonyl (C=O) groups is 8. The molecule has 0 aliphatic carbocycles. The largest absolute Gasteiger partial charge is 0.480 e. The number of carbonyl (C=O) groups excluding carboxylic acids is 7. The first kappa shape index (κ1) is 45.3. The molecule has 7 amide bonds. The predicted molar refractivity (Wildman–Crippen MR) is 194 cm³/mol. The van der Waals surface area contributed by atoms with Gasteiger partial charge in [-0.15, -0.1) is 0 Å². The first-order chi connectivity index (χ1) is 24.7. The van der Waals surface area contributed by atoms with E-state index in [0.717, 1.165) is 0 Å². The molecule has 0 unspecified atom stereocenters. The lowest BCUT2D eigenvalue weighted by atomic mass is 9.99. The Kier molecular flexibility index (Phi) is 19.0. The summed E-state index contributed by atoms with van der Waals surface area (Å²) in [5, 5.41) is 24.5. The smallest absolute Gasteiger partial charge is 0.326 e. The van der Waals surface area contributed by atoms with Crippen LogP contribution in [0.3, 0.4) is 0 Å². The van der Waals surface area contributed by atoms with Crippen LogP contribution < -0.4 is 49.1 Å². The third-order valence-corrected chi connectivity index (χ3v) is 7.82. The Labute approximate surface area is 308 Å². The average molecular weight is 747 g/mol. The highest BCUT2D eigenvalue weighted by atomic mass is 16.4. The van der Waals surface area contributed by atoms with Gasteiger partial charge in [0.25, 0.3) is 0 Å². The van der Waals surface area contributed by atoms with Crippen molar-refractivity contribution in [2.24, 2.45) is 34.0 Å². The van der Waals surface area contributed by atoms with Gasteiger partial charge in [-0.3, -0.25) is 38.6 Å². The summed E-state index contributed by atoms with van der Waals surface area (Å²) in [5.41, 5.74) is 16.5. The molecule has 13 N–H and O–H groups in total. The molecule has 53 heavy (non-hydrogen) atoms. The van der Waals surface area contributed by atoms with E-state index in [9.17, 15) is 43.5 Å². The fourth-order valence-corrected chi connectivity index (χ4v) is 4.97. The van der Waals surface area contributed by atoms with E-state index in [2.05, 4.69) is 36.9 Å². The van der Waals surface area contributed by atoms with Crippen molar-refractivity contribution >= 4 is 53.3 Å². The van der Waals surface area contributed by atoms with E-state index in [4.69, 9.17) is 17.2 Å². The van der Waals surface area contributed by atoms with Crippen LogP contribution in [-0.4, -0.2) is 101 Å². The Hall–Kier alpha value is -5.75. The summed E-state index contributed by atoms with van der Waals surface area (Å²) >= 11 is 0. The second-order valence-electron chi connectivity index (χ2n) is 13.2. The Morgan fingerprint density at radius 2 is 1.17 bits per heavy atom. The second kappa shape index (κ2) is 22.2. The number of hydrogen-bond donors (Lipinski definition) is 10. The molecule has 1 aromatic carbocycles. The van der Waals surface area contributed by atoms with Gasteiger partial charge in [-0.1, -0.05) is 58.0 Å². The van der Waals surface area contributed by atoms with Gasteiger partial charge in [-0.2, -0.15) is 0 Å². The lowest BCUT2D eigenvalue weighted by Crippen LogP contribution is -2.60. The molecule has 19 heteroatoms. The van der Waals surface area contributed by atoms with E-state index in [1.165, 1.54) is 13.8 Å². The Morgan fingerprint density at radius 3 is 1.66 bits per heavy atom. The normalized spacial score (nSPS) is 14.3. The van der Waals surface area contributed by atoms with E-state index in [0.29, 0.717) is 5.56 Å². The summed E-state index contributed by atoms with van der Waals surface area (Å²) in [7, 11) is 0. The zero-order chi connectivity index (χ0) is 40.4. The van der Waals surface area contributed by atoms with Crippen molar-refractivity contribution in [2.75, 3.05) is 6.54 Å². The number of nitrogens with zero attached hydrogens (tertiary/aromatic N) is 1. The van der Waals surface area contributed by atoms with E-state index in [-0.39, 0.29) is 37.7 Å². The summed E-state index contributed by atoms with van der Waals surface area (Å²) in [5.74, 6) is -7.74. The highest BCUT2D eigenvalue weighted by Crippen LogP contribution is 2.10. The monoisotopic (exact) mass is 746 g/mol. The minimum absolute atomic E-state index is 0.0336. The molecule has 0 aromatic heterocycles. The number of aliphatic imine (C=N–C) groups is 1. The minimum atomic E-state index is -1.63. The standard InChI is InChI=1S/C34H54N10O9/c1-17(2)26(40-20(6)45)31(50)41-22(13-10-14-38-34(36)37)29(48)44-27(18(3)4)32(51)42-23(15-21-11-8-7-9-12-21)30(49)39-19(5)28(47)43-24(33(52)53)16-25(35)46/h7-9,11-12,17-19,22-24,26-27H,10,13-16H2,1-6H3,(H2,35,46)(H,39,49)(H,40,45)(H,41,50)(H,42,51)(H,43,47)(H,44,48)(H,52,53)(H4,36,37,38)/t19-,22-,23-,24-,26-,27-/m0/s1. The number of aliphatic carboxylic acids is 1. The van der Waals surface area contributed by atoms with Crippen LogP contribution in [0, 0.1) is 11.8 Å². The molecule has 0 heterocycles. The van der Waals surface area contributed by atoms with E-state index >= 15 is 0 Å². The van der Waals surface area contributed by atoms with Crippen LogP contribution in [0.2, 0.25) is 0 Å². The Morgan fingerprint density at radius 1 is 0.660 bits per heavy atom. The first-order valence-corrected chi connectivity index (χ1v) is 17.1. The molecule has 1 rings (SSSR count). The van der Waals surface area contributed by atoms with Gasteiger partial charge < -0.3 is 54.2 Å². The molecule has 6 atom stereocenters. The number of nitrogens with one attached hydrogen (secondary N) is 6. The van der Waals surface area contributed by atoms with Gasteiger partial charge in [0.1, 0.15) is 36.3 Å². The minimum Gasteiger partial charge on any atom is -0.480 e. The van der Waals surface area contributed by atoms with Gasteiger partial charge in [0.2, 0.25) is 41.4 Å². The number of benzene rings is 1. The molecule has 0 saturated carbocycles. The van der Waals surface area contributed by atoms with Crippen LogP contribution in [0.15, 0.2) is 35.3 Å². The maximum Gasteiger partial charge on any atom is 0.326 e. The molecule has 0 radical (unpaired) electrons. The van der Waals surface area contributed by atoms with E-state index in [1.54, 1.807) is 58.0 Å². The van der Waals surface area contributed by atoms with E-state index in [1.807, 2.05) is 0 Å². The zero-order valence-electron chi connectivity index (χ0n) is 30.9. The predicted octanol–water partition coefficient (Wildman–Crippen LogP) is -2.50. The van der Waals surface area contributed by atoms with Crippen LogP contribution in [0.25, 0.3) is 0 Å². The molecule has 0 aliphatic heterocycles. The third kappa shape index (κ3) is 16.9. The van der Waals surface area contributed by atoms with E-state index < -0.39 is 95.9 Å². The number of carboxylic acids is 1. The number of amides is 7. The quantitative estimate of drug-likeness (QED) is 0.0336. The second-order valence-corrected chi connectivity index (χ2v) is 13.2. The van der Waals surface area contributed by atoms with Crippen LogP contribution in [-0.2, 0) is 44.8 Å². The average Bonchev–Trinajstić information content (AvgIpc) is 3.06. The Bertz CT molecular complexity index is 1480. The number of nitrogens with two attached hydrogens (primary N) is 3. The molecule has 19 nitrogen and oxygen atoms in total. The summed E-state index contributed by atoms with van der Waals surface area (Å²) < 4.78 is 0. The maximum absolute atomic E-state index is 13.8. The number of rotatable bonds is 22. The lowest BCUT2D eigenvalue weighted by molar-refractivity contribution is -0.143. The van der Waals surface area contributed by atoms with Gasteiger partial charge in [-0.25, -0.2) is 4.79 Å². The number of guanidine groups is 1. The number of hydrogen-bond acceptors (Lipinski definition) is 9. The summed E-state index contributed by atoms with van der Waals surface area (Å²) in [6.45, 7) is 9.45. The van der Waals surface area contributed by atoms with Crippen LogP contribution in [0.5, 0.6) is 0 Å². The van der Waals surface area contributed by atoms with Crippen molar-refractivity contribution in [3.8, 4) is 0 Å². The van der Waals surface area contributed by atoms with Crippen LogP contribution in [0.1, 0.15) is 66.4 Å². The van der Waals surface area contributed by atoms with Crippen LogP contribution >= 0.6 is 0 Å². The molecule has 0 saturated heterocycles. The highest BCUT2D eigenvalue weighted by molar-refractivity contribution is 5.97. The van der Waals surface area contributed by atoms with Crippen molar-refractivity contribution in [1.29, 1.82) is 0 Å². The van der Waals surface area contributed by atoms with Crippen molar-refractivity contribution < 1.29 is 43.5 Å². The maximum atomic E-state index is 13.8. The topological polar surface area (TPSA) is 319 Å².